The van der Waals surface area contributed by atoms with Gasteiger partial charge in [0.15, 0.2) is 0 Å². The summed E-state index contributed by atoms with van der Waals surface area (Å²) in [5.41, 5.74) is 3.68. The number of nitrogens with zero attached hydrogens (tertiary/aromatic N) is 1. The summed E-state index contributed by atoms with van der Waals surface area (Å²) in [5.74, 6) is 0.123. The van der Waals surface area contributed by atoms with Crippen molar-refractivity contribution in [2.45, 2.75) is 18.2 Å². The molecule has 2 aromatic carbocycles. The molecule has 0 aliphatic carbocycles. The molecule has 112 valence electrons. The summed E-state index contributed by atoms with van der Waals surface area (Å²) in [4.78, 5) is 16.1. The number of hydrogen-bond acceptors (Lipinski definition) is 3. The van der Waals surface area contributed by atoms with Crippen molar-refractivity contribution >= 4 is 29.3 Å². The first-order chi connectivity index (χ1) is 10.7. The van der Waals surface area contributed by atoms with Crippen LogP contribution in [0.25, 0.3) is 6.08 Å². The topological polar surface area (TPSA) is 20.3 Å². The van der Waals surface area contributed by atoms with Crippen LogP contribution >= 0.6 is 11.8 Å². The minimum absolute atomic E-state index is 0.123. The fraction of sp³-hybridized carbons (Fsp3) is 0.211. The Hall–Kier alpha value is -2.00. The number of carbonyl (C=O) groups is 1. The zero-order valence-corrected chi connectivity index (χ0v) is 13.7. The number of thioether (sulfide) groups is 1. The molecule has 3 rings (SSSR count). The first-order valence-corrected chi connectivity index (χ1v) is 8.74. The van der Waals surface area contributed by atoms with Crippen LogP contribution in [0.2, 0.25) is 0 Å². The summed E-state index contributed by atoms with van der Waals surface area (Å²) >= 11 is 1.72. The van der Waals surface area contributed by atoms with E-state index in [1.165, 1.54) is 4.90 Å². The Bertz CT molecular complexity index is 718. The van der Waals surface area contributed by atoms with Crippen LogP contribution in [0.5, 0.6) is 0 Å². The average molecular weight is 309 g/mol. The van der Waals surface area contributed by atoms with Gasteiger partial charge in [0.2, 0.25) is 5.78 Å². The highest BCUT2D eigenvalue weighted by atomic mass is 32.2. The number of benzene rings is 2. The lowest BCUT2D eigenvalue weighted by Crippen LogP contribution is -2.21. The molecule has 2 nitrogen and oxygen atoms in total. The summed E-state index contributed by atoms with van der Waals surface area (Å²) in [7, 11) is 0. The fourth-order valence-electron chi connectivity index (χ4n) is 2.76. The highest BCUT2D eigenvalue weighted by Crippen LogP contribution is 2.35. The van der Waals surface area contributed by atoms with E-state index in [1.54, 1.807) is 11.8 Å². The van der Waals surface area contributed by atoms with Crippen molar-refractivity contribution in [1.29, 1.82) is 0 Å². The monoisotopic (exact) mass is 309 g/mol. The average Bonchev–Trinajstić information content (AvgIpc) is 2.82. The number of ketones is 1. The zero-order chi connectivity index (χ0) is 15.5. The van der Waals surface area contributed by atoms with E-state index in [1.807, 2.05) is 30.3 Å². The van der Waals surface area contributed by atoms with Gasteiger partial charge in [0.05, 0.1) is 11.4 Å². The van der Waals surface area contributed by atoms with Crippen LogP contribution in [0, 0.1) is 0 Å². The van der Waals surface area contributed by atoms with Crippen LogP contribution < -0.4 is 4.90 Å². The second-order valence-electron chi connectivity index (χ2n) is 5.30. The van der Waals surface area contributed by atoms with Crippen molar-refractivity contribution in [2.24, 2.45) is 0 Å². The van der Waals surface area contributed by atoms with Crippen molar-refractivity contribution in [3.8, 4) is 0 Å². The molecule has 0 N–H and O–H groups in total. The number of para-hydroxylation sites is 1. The summed E-state index contributed by atoms with van der Waals surface area (Å²) in [6.45, 7) is 2.99. The lowest BCUT2D eigenvalue weighted by atomic mass is 10.1. The van der Waals surface area contributed by atoms with Crippen LogP contribution in [-0.2, 0) is 0 Å². The Balaban J connectivity index is 2.01. The lowest BCUT2D eigenvalue weighted by molar-refractivity contribution is 0.104. The number of anilines is 1. The maximum atomic E-state index is 12.7. The normalized spacial score (nSPS) is 15.5. The number of carbonyl (C=O) groups excluding carboxylic acids is 1. The van der Waals surface area contributed by atoms with E-state index in [2.05, 4.69) is 42.3 Å². The third kappa shape index (κ3) is 2.69. The van der Waals surface area contributed by atoms with Gasteiger partial charge in [0, 0.05) is 17.0 Å². The van der Waals surface area contributed by atoms with Gasteiger partial charge in [0.25, 0.3) is 0 Å². The number of hydrogen-bond donors (Lipinski definition) is 0. The molecule has 0 saturated heterocycles. The summed E-state index contributed by atoms with van der Waals surface area (Å²) in [6.07, 6.45) is 5.07. The molecular weight excluding hydrogens is 290 g/mol. The second-order valence-corrected chi connectivity index (χ2v) is 6.18. The highest BCUT2D eigenvalue weighted by molar-refractivity contribution is 7.98. The minimum Gasteiger partial charge on any atom is -0.338 e. The molecular formula is C19H19NOS. The summed E-state index contributed by atoms with van der Waals surface area (Å²) < 4.78 is 0. The summed E-state index contributed by atoms with van der Waals surface area (Å²) in [5, 5.41) is 0. The van der Waals surface area contributed by atoms with E-state index >= 15 is 0 Å². The predicted molar refractivity (Wildman–Crippen MR) is 94.6 cm³/mol. The molecule has 22 heavy (non-hydrogen) atoms. The molecule has 2 aromatic rings. The SMILES string of the molecule is CCCN1/C(=C/c2ccc(SC)cc2)C(=O)c2ccccc21. The molecule has 0 saturated carbocycles. The fourth-order valence-corrected chi connectivity index (χ4v) is 3.17. The molecule has 0 spiro atoms. The van der Waals surface area contributed by atoms with Gasteiger partial charge in [-0.2, -0.15) is 0 Å². The Morgan fingerprint density at radius 2 is 1.82 bits per heavy atom. The largest absolute Gasteiger partial charge is 0.338 e. The minimum atomic E-state index is 0.123. The molecule has 0 unspecified atom stereocenters. The molecule has 3 heteroatoms. The molecule has 1 aliphatic rings. The van der Waals surface area contributed by atoms with Crippen molar-refractivity contribution < 1.29 is 4.79 Å². The lowest BCUT2D eigenvalue weighted by Gasteiger charge is -2.19. The van der Waals surface area contributed by atoms with Gasteiger partial charge in [-0.25, -0.2) is 0 Å². The van der Waals surface area contributed by atoms with E-state index < -0.39 is 0 Å². The molecule has 0 amide bonds. The molecule has 1 heterocycles. The number of Topliss-reactive ketones (excluding diaryl/α,β-unsaturated/α-hetero) is 1. The van der Waals surface area contributed by atoms with Crippen molar-refractivity contribution in [1.82, 2.24) is 0 Å². The van der Waals surface area contributed by atoms with Gasteiger partial charge in [-0.05, 0) is 48.6 Å². The number of rotatable bonds is 4. The third-order valence-corrected chi connectivity index (χ3v) is 4.57. The second kappa shape index (κ2) is 6.41. The van der Waals surface area contributed by atoms with Gasteiger partial charge >= 0.3 is 0 Å². The predicted octanol–water partition coefficient (Wildman–Crippen LogP) is 4.86. The Labute approximate surface area is 135 Å². The molecule has 0 fully saturated rings. The Kier molecular flexibility index (Phi) is 4.34. The molecule has 0 radical (unpaired) electrons. The van der Waals surface area contributed by atoms with Gasteiger partial charge < -0.3 is 4.90 Å². The van der Waals surface area contributed by atoms with Crippen LogP contribution in [-0.4, -0.2) is 18.6 Å². The molecule has 1 aliphatic heterocycles. The van der Waals surface area contributed by atoms with E-state index in [4.69, 9.17) is 0 Å². The standard InChI is InChI=1S/C19H19NOS/c1-3-12-20-17-7-5-4-6-16(17)19(21)18(20)13-14-8-10-15(22-2)11-9-14/h4-11,13H,3,12H2,1-2H3/b18-13+. The quantitative estimate of drug-likeness (QED) is 0.594. The number of allylic oxidation sites excluding steroid dienone is 1. The number of fused-ring (bicyclic) bond motifs is 1. The van der Waals surface area contributed by atoms with Crippen LogP contribution in [0.1, 0.15) is 29.3 Å². The van der Waals surface area contributed by atoms with Gasteiger partial charge in [-0.15, -0.1) is 11.8 Å². The third-order valence-electron chi connectivity index (χ3n) is 3.83. The van der Waals surface area contributed by atoms with E-state index in [0.29, 0.717) is 0 Å². The molecule has 0 atom stereocenters. The van der Waals surface area contributed by atoms with E-state index in [9.17, 15) is 4.79 Å². The van der Waals surface area contributed by atoms with Gasteiger partial charge in [-0.3, -0.25) is 4.79 Å². The van der Waals surface area contributed by atoms with Crippen LogP contribution in [0.4, 0.5) is 5.69 Å². The van der Waals surface area contributed by atoms with Gasteiger partial charge in [-0.1, -0.05) is 31.2 Å². The maximum Gasteiger partial charge on any atom is 0.211 e. The van der Waals surface area contributed by atoms with Crippen molar-refractivity contribution in [3.05, 3.63) is 65.4 Å². The van der Waals surface area contributed by atoms with Gasteiger partial charge in [0.1, 0.15) is 0 Å². The zero-order valence-electron chi connectivity index (χ0n) is 12.9. The first-order valence-electron chi connectivity index (χ1n) is 7.51. The smallest absolute Gasteiger partial charge is 0.211 e. The Morgan fingerprint density at radius 1 is 1.09 bits per heavy atom. The summed E-state index contributed by atoms with van der Waals surface area (Å²) in [6, 6.07) is 16.2. The van der Waals surface area contributed by atoms with Crippen molar-refractivity contribution in [2.75, 3.05) is 17.7 Å². The highest BCUT2D eigenvalue weighted by Gasteiger charge is 2.30. The van der Waals surface area contributed by atoms with Crippen LogP contribution in [0.3, 0.4) is 0 Å². The molecule has 0 aromatic heterocycles. The molecule has 0 bridgehead atoms. The first kappa shape index (κ1) is 14.9. The van der Waals surface area contributed by atoms with Crippen LogP contribution in [0.15, 0.2) is 59.1 Å². The maximum absolute atomic E-state index is 12.7. The Morgan fingerprint density at radius 3 is 2.50 bits per heavy atom. The van der Waals surface area contributed by atoms with E-state index in [0.717, 1.165) is 35.5 Å². The van der Waals surface area contributed by atoms with Crippen molar-refractivity contribution in [3.63, 3.8) is 0 Å². The van der Waals surface area contributed by atoms with E-state index in [-0.39, 0.29) is 5.78 Å².